The van der Waals surface area contributed by atoms with Gasteiger partial charge in [0.05, 0.1) is 55.2 Å². The summed E-state index contributed by atoms with van der Waals surface area (Å²) in [6.07, 6.45) is 7.37. The number of unbranched alkanes of at least 4 members (excludes halogenated alkanes) is 1. The maximum atomic E-state index is 11.2. The zero-order chi connectivity index (χ0) is 120. The van der Waals surface area contributed by atoms with Crippen LogP contribution in [-0.2, 0) is 119 Å². The fourth-order valence-corrected chi connectivity index (χ4v) is 6.98. The number of carbonyl (C=O) groups excluding carboxylic acids is 16. The summed E-state index contributed by atoms with van der Waals surface area (Å²) >= 11 is 0. The van der Waals surface area contributed by atoms with Gasteiger partial charge in [0.15, 0.2) is 28.9 Å². The van der Waals surface area contributed by atoms with Gasteiger partial charge < -0.3 is 63.1 Å². The highest BCUT2D eigenvalue weighted by Gasteiger charge is 2.30. The fraction of sp³-hybridized carbons (Fsp3) is 0.861. The van der Waals surface area contributed by atoms with Crippen molar-refractivity contribution in [3.63, 3.8) is 0 Å². The highest BCUT2D eigenvalue weighted by Crippen LogP contribution is 2.25. The number of ether oxygens (including phenoxy) is 9. The van der Waals surface area contributed by atoms with Crippen LogP contribution in [0.4, 0.5) is 0 Å². The molecule has 0 aliphatic rings. The van der Waals surface area contributed by atoms with Gasteiger partial charge in [0.1, 0.15) is 86.7 Å². The molecule has 0 rings (SSSR count). The predicted molar refractivity (Wildman–Crippen MR) is 589 cm³/mol. The van der Waals surface area contributed by atoms with Gasteiger partial charge in [0, 0.05) is 152 Å². The number of methoxy groups -OCH3 is 5. The summed E-state index contributed by atoms with van der Waals surface area (Å²) in [7, 11) is 7.64. The standard InChI is InChI=1S/C9H18O.C8H16O3.2C8H16O2.C8H16O.C7H14O3.4C7H14O2.3C7H14O.3C6H12O2/c1-5-6-7-8(10)9(2,3)4;1-8(2,3)7(9)11-6-5-10-4;1-8(2,3)7(9)5-6-10-4;1-5-10-6-7(9)8(2,3)4;1-5-6-7(9)8(2,3)4;1-7(2,3)6(9)10-5-4-8;2*1-7(2,3)6(8)5-9-4;1-7(2,3)6(9)4-5-8;1-5-9-6(8)7(2,3)4;3*1-5-6(8)7(2,3)4;1-6(2,3)5(7)8-4;2*1-6(2,3)5(8)4-7/h5-7H2,1-4H3;5-6H2,1-4H3;2*5-6H2,1-4H3;5-6H2,1-4H3;8H,4-5H2,1-3H3;2*5H2,1-4H3;8H,4-5H2,1-3H3;5H2,1-4H3;3*5H2,1-4H3;1-4H3;2*7H,4H2,1-3H3. The van der Waals surface area contributed by atoms with Crippen molar-refractivity contribution in [2.75, 3.05) is 121 Å². The summed E-state index contributed by atoms with van der Waals surface area (Å²) in [6, 6.07) is 0. The summed E-state index contributed by atoms with van der Waals surface area (Å²) < 4.78 is 42.6. The molecule has 0 aromatic rings. The number of Topliss-reactive ketones (excluding diaryl/α,β-unsaturated/α-hetero) is 12. The number of aliphatic hydroxyl groups is 4. The van der Waals surface area contributed by atoms with E-state index < -0.39 is 10.8 Å². The Kier molecular flexibility index (Phi) is 105. The van der Waals surface area contributed by atoms with Crippen molar-refractivity contribution in [1.82, 2.24) is 0 Å². The van der Waals surface area contributed by atoms with E-state index in [4.69, 9.17) is 44.1 Å². The molecular weight excluding hydrogens is 1850 g/mol. The van der Waals surface area contributed by atoms with Gasteiger partial charge >= 0.3 is 23.9 Å². The predicted octanol–water partition coefficient (Wildman–Crippen LogP) is 23.8. The van der Waals surface area contributed by atoms with E-state index in [9.17, 15) is 76.7 Å². The van der Waals surface area contributed by atoms with E-state index in [0.29, 0.717) is 87.6 Å². The average Bonchev–Trinajstić information content (AvgIpc) is 0.920. The number of hydrogen-bond donors (Lipinski definition) is 4. The van der Waals surface area contributed by atoms with Crippen LogP contribution in [0.25, 0.3) is 0 Å². The summed E-state index contributed by atoms with van der Waals surface area (Å²) in [5.41, 5.74) is -4.25. The zero-order valence-corrected chi connectivity index (χ0v) is 104. The van der Waals surface area contributed by atoms with Gasteiger partial charge in [0.2, 0.25) is 0 Å². The highest BCUT2D eigenvalue weighted by atomic mass is 16.6. The molecule has 0 amide bonds. The molecule has 0 aromatic heterocycles. The quantitative estimate of drug-likeness (QED) is 0.0321. The van der Waals surface area contributed by atoms with Crippen LogP contribution in [0.1, 0.15) is 445 Å². The second kappa shape index (κ2) is 87.3. The van der Waals surface area contributed by atoms with Gasteiger partial charge in [-0.1, -0.05) is 290 Å². The monoisotopic (exact) mass is 2080 g/mol. The SMILES string of the molecule is CC(C)(C)C(=O)CCO.CC(C)(C)C(=O)CO.CC(C)(C)C(=O)CO.CC(C)(C)C(=O)OCCO.CCC(=O)C(C)(C)C.CCC(=O)C(C)(C)C.CCC(=O)C(C)(C)C.CCCC(=O)C(C)(C)C.CCCCC(=O)C(C)(C)C.CCOC(=O)C(C)(C)C.CCOCC(=O)C(C)(C)C.COC(=O)C(C)(C)C.COCC(=O)C(C)(C)C.COCC(=O)C(C)(C)C.COCCC(=O)C(C)(C)C.COCCOC(=O)C(C)(C)C. The Labute approximate surface area is 881 Å². The molecule has 0 aliphatic heterocycles. The summed E-state index contributed by atoms with van der Waals surface area (Å²) in [5, 5.41) is 33.3. The highest BCUT2D eigenvalue weighted by molar-refractivity contribution is 5.89. The van der Waals surface area contributed by atoms with Crippen molar-refractivity contribution < 1.29 is 140 Å². The lowest BCUT2D eigenvalue weighted by Gasteiger charge is -2.15. The third-order valence-electron chi connectivity index (χ3n) is 18.1. The maximum Gasteiger partial charge on any atom is 0.311 e. The first-order chi connectivity index (χ1) is 63.7. The Hall–Kier alpha value is -6.44. The van der Waals surface area contributed by atoms with Crippen molar-refractivity contribution in [3.8, 4) is 0 Å². The summed E-state index contributed by atoms with van der Waals surface area (Å²) in [6.45, 7) is 106. The molecule has 29 heteroatoms. The van der Waals surface area contributed by atoms with Gasteiger partial charge in [-0.05, 0) is 110 Å². The van der Waals surface area contributed by atoms with Crippen LogP contribution in [0.15, 0.2) is 0 Å². The molecule has 0 fully saturated rings. The molecule has 4 N–H and O–H groups in total. The first kappa shape index (κ1) is 174. The second-order valence-corrected chi connectivity index (χ2v) is 50.2. The van der Waals surface area contributed by atoms with E-state index in [2.05, 4.69) is 25.9 Å². The Morgan fingerprint density at radius 1 is 0.194 bits per heavy atom. The smallest absolute Gasteiger partial charge is 0.311 e. The molecule has 0 radical (unpaired) electrons. The topological polar surface area (TPSA) is 437 Å². The third kappa shape index (κ3) is 130. The molecular formula is C115H230O29. The number of rotatable bonds is 28. The molecule has 29 nitrogen and oxygen atoms in total. The molecule has 0 atom stereocenters. The zero-order valence-electron chi connectivity index (χ0n) is 104. The molecule has 0 aliphatic carbocycles. The van der Waals surface area contributed by atoms with Crippen molar-refractivity contribution in [2.45, 2.75) is 445 Å². The van der Waals surface area contributed by atoms with Crippen molar-refractivity contribution >= 4 is 93.3 Å². The van der Waals surface area contributed by atoms with Gasteiger partial charge in [-0.2, -0.15) is 0 Å². The third-order valence-corrected chi connectivity index (χ3v) is 18.1. The maximum absolute atomic E-state index is 11.2. The van der Waals surface area contributed by atoms with E-state index in [1.807, 2.05) is 312 Å². The number of hydrogen-bond acceptors (Lipinski definition) is 29. The lowest BCUT2D eigenvalue weighted by molar-refractivity contribution is -0.154. The van der Waals surface area contributed by atoms with E-state index in [0.717, 1.165) is 32.1 Å². The average molecular weight is 2080 g/mol. The van der Waals surface area contributed by atoms with E-state index >= 15 is 0 Å². The Morgan fingerprint density at radius 2 is 0.424 bits per heavy atom. The second-order valence-electron chi connectivity index (χ2n) is 50.2. The fourth-order valence-electron chi connectivity index (χ4n) is 6.98. The van der Waals surface area contributed by atoms with Crippen LogP contribution < -0.4 is 0 Å². The van der Waals surface area contributed by atoms with Gasteiger partial charge in [0.25, 0.3) is 0 Å². The van der Waals surface area contributed by atoms with E-state index in [1.165, 1.54) is 21.3 Å². The summed E-state index contributed by atoms with van der Waals surface area (Å²) in [4.78, 5) is 174. The van der Waals surface area contributed by atoms with Crippen LogP contribution in [0, 0.1) is 86.6 Å². The normalized spacial score (nSPS) is 11.4. The minimum atomic E-state index is -0.463. The largest absolute Gasteiger partial charge is 0.469 e. The molecule has 0 unspecified atom stereocenters. The number of carbonyl (C=O) groups is 16. The molecule has 0 aromatic carbocycles. The Bertz CT molecular complexity index is 2900. The Balaban J connectivity index is -0.0000000868. The van der Waals surface area contributed by atoms with Crippen LogP contribution in [-0.4, -0.2) is 235 Å². The molecule has 0 heterocycles. The summed E-state index contributed by atoms with van der Waals surface area (Å²) in [5.74, 6) is 1.57. The minimum absolute atomic E-state index is 0.0316. The lowest BCUT2D eigenvalue weighted by atomic mass is 9.88. The van der Waals surface area contributed by atoms with Crippen LogP contribution >= 0.6 is 0 Å². The number of ketones is 12. The van der Waals surface area contributed by atoms with E-state index in [1.54, 1.807) is 76.5 Å². The van der Waals surface area contributed by atoms with Crippen molar-refractivity contribution in [3.05, 3.63) is 0 Å². The lowest BCUT2D eigenvalue weighted by Crippen LogP contribution is -2.24. The van der Waals surface area contributed by atoms with Crippen LogP contribution in [0.2, 0.25) is 0 Å². The van der Waals surface area contributed by atoms with Gasteiger partial charge in [-0.25, -0.2) is 0 Å². The molecule has 864 valence electrons. The first-order valence-electron chi connectivity index (χ1n) is 50.7. The molecule has 144 heavy (non-hydrogen) atoms. The van der Waals surface area contributed by atoms with Crippen LogP contribution in [0.5, 0.6) is 0 Å². The molecule has 0 bridgehead atoms. The molecule has 0 saturated heterocycles. The molecule has 0 spiro atoms. The first-order valence-corrected chi connectivity index (χ1v) is 50.7. The van der Waals surface area contributed by atoms with Gasteiger partial charge in [-0.3, -0.25) is 76.7 Å². The van der Waals surface area contributed by atoms with E-state index in [-0.39, 0.29) is 199 Å². The Morgan fingerprint density at radius 3 is 0.556 bits per heavy atom. The number of aliphatic hydroxyl groups excluding tert-OH is 4. The van der Waals surface area contributed by atoms with Crippen molar-refractivity contribution in [2.24, 2.45) is 86.6 Å². The minimum Gasteiger partial charge on any atom is -0.469 e. The number of esters is 4. The van der Waals surface area contributed by atoms with Crippen LogP contribution in [0.3, 0.4) is 0 Å². The van der Waals surface area contributed by atoms with Crippen molar-refractivity contribution in [1.29, 1.82) is 0 Å². The molecule has 0 saturated carbocycles. The van der Waals surface area contributed by atoms with Gasteiger partial charge in [-0.15, -0.1) is 0 Å².